The number of nitrogens with zero attached hydrogens (tertiary/aromatic N) is 5. The summed E-state index contributed by atoms with van der Waals surface area (Å²) < 4.78 is 21.2. The van der Waals surface area contributed by atoms with E-state index >= 15 is 0 Å². The molecule has 194 valence electrons. The third kappa shape index (κ3) is 5.26. The highest BCUT2D eigenvalue weighted by atomic mass is 19.1. The van der Waals surface area contributed by atoms with Crippen molar-refractivity contribution < 1.29 is 18.7 Å². The van der Waals surface area contributed by atoms with Crippen molar-refractivity contribution in [3.8, 4) is 17.2 Å². The lowest BCUT2D eigenvalue weighted by molar-refractivity contribution is 0.0507. The number of alkyl carbamates (subject to hydrolysis) is 1. The Bertz CT molecular complexity index is 1430. The molecule has 1 aliphatic rings. The van der Waals surface area contributed by atoms with Crippen molar-refractivity contribution in [2.75, 3.05) is 24.5 Å². The number of nitrogens with one attached hydrogen (secondary N) is 1. The number of amides is 1. The predicted octanol–water partition coefficient (Wildman–Crippen LogP) is 4.66. The summed E-state index contributed by atoms with van der Waals surface area (Å²) in [7, 11) is 0. The van der Waals surface area contributed by atoms with Crippen molar-refractivity contribution in [3.63, 3.8) is 0 Å². The minimum absolute atomic E-state index is 0.00194. The second-order valence-electron chi connectivity index (χ2n) is 10.9. The monoisotopic (exact) mass is 506 g/mol. The smallest absolute Gasteiger partial charge is 0.407 e. The summed E-state index contributed by atoms with van der Waals surface area (Å²) in [4.78, 5) is 30.9. The third-order valence-electron chi connectivity index (χ3n) is 6.46. The lowest BCUT2D eigenvalue weighted by atomic mass is 9.90. The zero-order valence-corrected chi connectivity index (χ0v) is 22.0. The van der Waals surface area contributed by atoms with Gasteiger partial charge in [0.2, 0.25) is 5.82 Å². The Labute approximate surface area is 215 Å². The summed E-state index contributed by atoms with van der Waals surface area (Å²) in [5.74, 6) is -0.103. The van der Waals surface area contributed by atoms with Gasteiger partial charge in [-0.3, -0.25) is 4.79 Å². The molecule has 0 spiro atoms. The van der Waals surface area contributed by atoms with Crippen LogP contribution in [0.5, 0.6) is 0 Å². The number of ether oxygens (including phenoxy) is 1. The van der Waals surface area contributed by atoms with Gasteiger partial charge in [0.25, 0.3) is 0 Å². The molecule has 0 aliphatic carbocycles. The van der Waals surface area contributed by atoms with Crippen LogP contribution in [0.2, 0.25) is 0 Å². The molecule has 3 aromatic rings. The molecule has 9 nitrogen and oxygen atoms in total. The average Bonchev–Trinajstić information content (AvgIpc) is 3.41. The van der Waals surface area contributed by atoms with Crippen molar-refractivity contribution in [2.24, 2.45) is 5.41 Å². The molecule has 1 atom stereocenters. The fraction of sp³-hybridized carbons (Fsp3) is 0.444. The molecule has 1 aromatic carbocycles. The quantitative estimate of drug-likeness (QED) is 0.501. The van der Waals surface area contributed by atoms with Gasteiger partial charge in [-0.15, -0.1) is 5.10 Å². The van der Waals surface area contributed by atoms with E-state index < -0.39 is 17.5 Å². The molecular formula is C27H31FN6O3. The predicted molar refractivity (Wildman–Crippen MR) is 137 cm³/mol. The summed E-state index contributed by atoms with van der Waals surface area (Å²) in [6.45, 7) is 12.2. The van der Waals surface area contributed by atoms with Gasteiger partial charge in [-0.05, 0) is 57.4 Å². The van der Waals surface area contributed by atoms with E-state index in [9.17, 15) is 19.2 Å². The standard InChI is InChI=1S/C27H31FN6O3/c1-16-20(13-29)23-31-22(17(2)35)32-34(23)24(21(16)18-8-7-9-19(28)12-18)33-11-10-27(6,15-33)14-30-25(36)37-26(3,4)5/h7-9,12H,10-11,14-15H2,1-6H3,(H,30,36)/t27-/m0/s1. The fourth-order valence-electron chi connectivity index (χ4n) is 4.70. The van der Waals surface area contributed by atoms with Crippen molar-refractivity contribution in [1.29, 1.82) is 5.26 Å². The van der Waals surface area contributed by atoms with Crippen LogP contribution in [0.4, 0.5) is 15.0 Å². The number of halogens is 1. The number of benzene rings is 1. The number of hydrogen-bond donors (Lipinski definition) is 1. The molecule has 3 heterocycles. The maximum Gasteiger partial charge on any atom is 0.407 e. The number of carbonyl (C=O) groups excluding carboxylic acids is 2. The number of ketones is 1. The van der Waals surface area contributed by atoms with Gasteiger partial charge < -0.3 is 15.0 Å². The second-order valence-corrected chi connectivity index (χ2v) is 10.9. The zero-order chi connectivity index (χ0) is 27.1. The molecule has 1 fully saturated rings. The number of rotatable bonds is 5. The number of Topliss-reactive ketones (excluding diaryl/α,β-unsaturated/α-hetero) is 1. The van der Waals surface area contributed by atoms with E-state index in [1.807, 2.05) is 20.8 Å². The lowest BCUT2D eigenvalue weighted by Crippen LogP contribution is -2.40. The van der Waals surface area contributed by atoms with Crippen LogP contribution < -0.4 is 10.2 Å². The molecule has 1 saturated heterocycles. The number of nitriles is 1. The molecule has 0 radical (unpaired) electrons. The van der Waals surface area contributed by atoms with E-state index in [1.165, 1.54) is 23.6 Å². The number of anilines is 1. The number of hydrogen-bond acceptors (Lipinski definition) is 7. The van der Waals surface area contributed by atoms with E-state index in [2.05, 4.69) is 33.3 Å². The first-order valence-corrected chi connectivity index (χ1v) is 12.1. The van der Waals surface area contributed by atoms with Crippen molar-refractivity contribution in [3.05, 3.63) is 47.0 Å². The summed E-state index contributed by atoms with van der Waals surface area (Å²) in [5.41, 5.74) is 1.52. The lowest BCUT2D eigenvalue weighted by Gasteiger charge is -2.28. The first-order valence-electron chi connectivity index (χ1n) is 12.1. The first kappa shape index (κ1) is 26.1. The maximum atomic E-state index is 14.3. The Kier molecular flexibility index (Phi) is 6.67. The maximum absolute atomic E-state index is 14.3. The van der Waals surface area contributed by atoms with Crippen LogP contribution in [0, 0.1) is 29.5 Å². The van der Waals surface area contributed by atoms with Gasteiger partial charge in [-0.2, -0.15) is 9.78 Å². The highest BCUT2D eigenvalue weighted by Gasteiger charge is 2.38. The van der Waals surface area contributed by atoms with Gasteiger partial charge in [-0.1, -0.05) is 19.1 Å². The van der Waals surface area contributed by atoms with Gasteiger partial charge in [0.1, 0.15) is 28.9 Å². The van der Waals surface area contributed by atoms with Gasteiger partial charge in [0.05, 0.1) is 0 Å². The molecule has 0 bridgehead atoms. The summed E-state index contributed by atoms with van der Waals surface area (Å²) in [6, 6.07) is 8.37. The molecule has 10 heteroatoms. The number of pyridine rings is 1. The summed E-state index contributed by atoms with van der Waals surface area (Å²) in [5, 5.41) is 17.3. The van der Waals surface area contributed by atoms with Crippen LogP contribution in [0.15, 0.2) is 24.3 Å². The van der Waals surface area contributed by atoms with Crippen LogP contribution in [0.1, 0.15) is 62.8 Å². The Morgan fingerprint density at radius 1 is 1.32 bits per heavy atom. The Balaban J connectivity index is 1.81. The van der Waals surface area contributed by atoms with E-state index in [-0.39, 0.29) is 28.2 Å². The molecule has 37 heavy (non-hydrogen) atoms. The highest BCUT2D eigenvalue weighted by molar-refractivity contribution is 5.92. The van der Waals surface area contributed by atoms with Gasteiger partial charge >= 0.3 is 6.09 Å². The fourth-order valence-corrected chi connectivity index (χ4v) is 4.70. The summed E-state index contributed by atoms with van der Waals surface area (Å²) in [6.07, 6.45) is 0.270. The van der Waals surface area contributed by atoms with Crippen LogP contribution in [-0.4, -0.2) is 51.7 Å². The van der Waals surface area contributed by atoms with Crippen molar-refractivity contribution >= 4 is 23.3 Å². The van der Waals surface area contributed by atoms with Gasteiger partial charge in [-0.25, -0.2) is 14.2 Å². The number of fused-ring (bicyclic) bond motifs is 1. The number of aromatic nitrogens is 3. The molecular weight excluding hydrogens is 475 g/mol. The van der Waals surface area contributed by atoms with E-state index in [0.29, 0.717) is 42.1 Å². The Morgan fingerprint density at radius 2 is 2.05 bits per heavy atom. The number of carbonyl (C=O) groups is 2. The molecule has 2 aromatic heterocycles. The van der Waals surface area contributed by atoms with E-state index in [0.717, 1.165) is 6.42 Å². The highest BCUT2D eigenvalue weighted by Crippen LogP contribution is 2.41. The third-order valence-corrected chi connectivity index (χ3v) is 6.46. The van der Waals surface area contributed by atoms with Gasteiger partial charge in [0.15, 0.2) is 11.4 Å². The minimum atomic E-state index is -0.598. The van der Waals surface area contributed by atoms with E-state index in [1.54, 1.807) is 19.1 Å². The van der Waals surface area contributed by atoms with Crippen LogP contribution in [0.25, 0.3) is 16.8 Å². The largest absolute Gasteiger partial charge is 0.444 e. The Morgan fingerprint density at radius 3 is 2.68 bits per heavy atom. The molecule has 4 rings (SSSR count). The van der Waals surface area contributed by atoms with Crippen molar-refractivity contribution in [2.45, 2.75) is 53.6 Å². The van der Waals surface area contributed by atoms with E-state index in [4.69, 9.17) is 4.74 Å². The second kappa shape index (κ2) is 9.47. The van der Waals surface area contributed by atoms with Crippen LogP contribution in [0.3, 0.4) is 0 Å². The normalized spacial score (nSPS) is 17.6. The molecule has 1 N–H and O–H groups in total. The average molecular weight is 507 g/mol. The molecule has 1 amide bonds. The van der Waals surface area contributed by atoms with Crippen LogP contribution in [-0.2, 0) is 4.74 Å². The summed E-state index contributed by atoms with van der Waals surface area (Å²) >= 11 is 0. The van der Waals surface area contributed by atoms with Crippen LogP contribution >= 0.6 is 0 Å². The molecule has 0 saturated carbocycles. The topological polar surface area (TPSA) is 113 Å². The molecule has 1 aliphatic heterocycles. The first-order chi connectivity index (χ1) is 17.3. The SMILES string of the molecule is CC(=O)c1nc2c(C#N)c(C)c(-c3cccc(F)c3)c(N3CC[C@@](C)(CNC(=O)OC(C)(C)C)C3)n2n1. The minimum Gasteiger partial charge on any atom is -0.444 e. The zero-order valence-electron chi connectivity index (χ0n) is 22.0. The van der Waals surface area contributed by atoms with Crippen molar-refractivity contribution in [1.82, 2.24) is 19.9 Å². The molecule has 0 unspecified atom stereocenters. The Hall–Kier alpha value is -4.00. The van der Waals surface area contributed by atoms with Gasteiger partial charge in [0, 0.05) is 37.5 Å².